The summed E-state index contributed by atoms with van der Waals surface area (Å²) in [6.45, 7) is 3.92. The SMILES string of the molecule is COCc1ccnc(N2CCCOCC2)n1. The minimum absolute atomic E-state index is 0.528. The molecule has 1 aromatic heterocycles. The summed E-state index contributed by atoms with van der Waals surface area (Å²) in [6.07, 6.45) is 2.81. The van der Waals surface area contributed by atoms with Crippen LogP contribution >= 0.6 is 0 Å². The van der Waals surface area contributed by atoms with Crippen molar-refractivity contribution in [1.82, 2.24) is 9.97 Å². The van der Waals surface area contributed by atoms with E-state index >= 15 is 0 Å². The van der Waals surface area contributed by atoms with Crippen molar-refractivity contribution in [2.24, 2.45) is 0 Å². The second-order valence-corrected chi connectivity index (χ2v) is 3.73. The van der Waals surface area contributed by atoms with Crippen molar-refractivity contribution in [3.05, 3.63) is 18.0 Å². The number of ether oxygens (including phenoxy) is 2. The predicted octanol–water partition coefficient (Wildman–Crippen LogP) is 0.850. The van der Waals surface area contributed by atoms with Gasteiger partial charge in [-0.25, -0.2) is 9.97 Å². The van der Waals surface area contributed by atoms with Gasteiger partial charge in [-0.2, -0.15) is 0 Å². The summed E-state index contributed by atoms with van der Waals surface area (Å²) < 4.78 is 10.5. The van der Waals surface area contributed by atoms with E-state index in [-0.39, 0.29) is 0 Å². The molecule has 0 bridgehead atoms. The largest absolute Gasteiger partial charge is 0.380 e. The molecule has 16 heavy (non-hydrogen) atoms. The lowest BCUT2D eigenvalue weighted by Gasteiger charge is -2.19. The Kier molecular flexibility index (Phi) is 4.07. The molecule has 0 atom stereocenters. The molecule has 0 aliphatic carbocycles. The van der Waals surface area contributed by atoms with Crippen molar-refractivity contribution >= 4 is 5.95 Å². The molecule has 0 amide bonds. The molecule has 88 valence electrons. The average molecular weight is 223 g/mol. The molecule has 0 saturated carbocycles. The van der Waals surface area contributed by atoms with E-state index in [1.807, 2.05) is 6.07 Å². The van der Waals surface area contributed by atoms with Crippen molar-refractivity contribution in [1.29, 1.82) is 0 Å². The molecule has 5 nitrogen and oxygen atoms in total. The lowest BCUT2D eigenvalue weighted by Crippen LogP contribution is -2.28. The topological polar surface area (TPSA) is 47.5 Å². The molecule has 1 aliphatic heterocycles. The maximum atomic E-state index is 5.40. The number of rotatable bonds is 3. The van der Waals surface area contributed by atoms with Crippen LogP contribution < -0.4 is 4.90 Å². The number of aromatic nitrogens is 2. The molecule has 1 aliphatic rings. The fourth-order valence-electron chi connectivity index (χ4n) is 1.71. The van der Waals surface area contributed by atoms with Crippen LogP contribution in [0.15, 0.2) is 12.3 Å². The van der Waals surface area contributed by atoms with E-state index in [0.717, 1.165) is 44.4 Å². The Morgan fingerprint density at radius 3 is 3.25 bits per heavy atom. The minimum Gasteiger partial charge on any atom is -0.380 e. The van der Waals surface area contributed by atoms with Gasteiger partial charge >= 0.3 is 0 Å². The van der Waals surface area contributed by atoms with E-state index in [1.54, 1.807) is 13.3 Å². The summed E-state index contributed by atoms with van der Waals surface area (Å²) >= 11 is 0. The number of methoxy groups -OCH3 is 1. The van der Waals surface area contributed by atoms with Gasteiger partial charge in [0, 0.05) is 33.0 Å². The fourth-order valence-corrected chi connectivity index (χ4v) is 1.71. The Hall–Kier alpha value is -1.20. The Morgan fingerprint density at radius 2 is 2.38 bits per heavy atom. The van der Waals surface area contributed by atoms with Crippen molar-refractivity contribution in [3.8, 4) is 0 Å². The van der Waals surface area contributed by atoms with Crippen LogP contribution in [-0.4, -0.2) is 43.4 Å². The minimum atomic E-state index is 0.528. The van der Waals surface area contributed by atoms with Crippen LogP contribution in [0.4, 0.5) is 5.95 Å². The van der Waals surface area contributed by atoms with E-state index in [2.05, 4.69) is 14.9 Å². The molecular formula is C11H17N3O2. The van der Waals surface area contributed by atoms with Gasteiger partial charge in [-0.3, -0.25) is 0 Å². The lowest BCUT2D eigenvalue weighted by atomic mass is 10.4. The number of anilines is 1. The van der Waals surface area contributed by atoms with Gasteiger partial charge < -0.3 is 14.4 Å². The second kappa shape index (κ2) is 5.77. The van der Waals surface area contributed by atoms with Crippen molar-refractivity contribution in [2.45, 2.75) is 13.0 Å². The molecule has 5 heteroatoms. The molecule has 1 fully saturated rings. The summed E-state index contributed by atoms with van der Waals surface area (Å²) in [7, 11) is 1.67. The van der Waals surface area contributed by atoms with Crippen LogP contribution in [0.2, 0.25) is 0 Å². The van der Waals surface area contributed by atoms with E-state index in [9.17, 15) is 0 Å². The molecule has 0 radical (unpaired) electrons. The highest BCUT2D eigenvalue weighted by molar-refractivity contribution is 5.30. The van der Waals surface area contributed by atoms with Gasteiger partial charge in [-0.1, -0.05) is 0 Å². The quantitative estimate of drug-likeness (QED) is 0.760. The normalized spacial score (nSPS) is 17.2. The zero-order chi connectivity index (χ0) is 11.2. The van der Waals surface area contributed by atoms with E-state index in [0.29, 0.717) is 6.61 Å². The van der Waals surface area contributed by atoms with Crippen LogP contribution in [-0.2, 0) is 16.1 Å². The smallest absolute Gasteiger partial charge is 0.225 e. The van der Waals surface area contributed by atoms with E-state index < -0.39 is 0 Å². The van der Waals surface area contributed by atoms with E-state index in [1.165, 1.54) is 0 Å². The summed E-state index contributed by atoms with van der Waals surface area (Å²) in [5.41, 5.74) is 0.915. The maximum Gasteiger partial charge on any atom is 0.225 e. The Morgan fingerprint density at radius 1 is 1.44 bits per heavy atom. The second-order valence-electron chi connectivity index (χ2n) is 3.73. The first-order valence-electron chi connectivity index (χ1n) is 5.53. The van der Waals surface area contributed by atoms with E-state index in [4.69, 9.17) is 9.47 Å². The molecule has 0 spiro atoms. The molecule has 2 heterocycles. The van der Waals surface area contributed by atoms with Gasteiger partial charge in [0.25, 0.3) is 0 Å². The van der Waals surface area contributed by atoms with Crippen LogP contribution in [0.3, 0.4) is 0 Å². The van der Waals surface area contributed by atoms with Gasteiger partial charge in [0.05, 0.1) is 18.9 Å². The summed E-state index contributed by atoms with van der Waals surface area (Å²) in [5, 5.41) is 0. The number of nitrogens with zero attached hydrogens (tertiary/aromatic N) is 3. The monoisotopic (exact) mass is 223 g/mol. The molecular weight excluding hydrogens is 206 g/mol. The van der Waals surface area contributed by atoms with Crippen molar-refractivity contribution in [2.75, 3.05) is 38.3 Å². The van der Waals surface area contributed by atoms with Gasteiger partial charge in [-0.05, 0) is 12.5 Å². The maximum absolute atomic E-state index is 5.40. The molecule has 2 rings (SSSR count). The average Bonchev–Trinajstić information content (AvgIpc) is 2.58. The Bertz CT molecular complexity index is 325. The van der Waals surface area contributed by atoms with Gasteiger partial charge in [0.2, 0.25) is 5.95 Å². The third-order valence-electron chi connectivity index (χ3n) is 2.50. The number of hydrogen-bond acceptors (Lipinski definition) is 5. The molecule has 1 saturated heterocycles. The zero-order valence-electron chi connectivity index (χ0n) is 9.56. The summed E-state index contributed by atoms with van der Waals surface area (Å²) in [5.74, 6) is 0.778. The van der Waals surface area contributed by atoms with Gasteiger partial charge in [0.15, 0.2) is 0 Å². The fraction of sp³-hybridized carbons (Fsp3) is 0.636. The lowest BCUT2D eigenvalue weighted by molar-refractivity contribution is 0.152. The third kappa shape index (κ3) is 2.90. The zero-order valence-corrected chi connectivity index (χ0v) is 9.56. The van der Waals surface area contributed by atoms with Crippen LogP contribution in [0.25, 0.3) is 0 Å². The summed E-state index contributed by atoms with van der Waals surface area (Å²) in [6, 6.07) is 1.88. The highest BCUT2D eigenvalue weighted by Crippen LogP contribution is 2.10. The number of hydrogen-bond donors (Lipinski definition) is 0. The molecule has 0 aromatic carbocycles. The predicted molar refractivity (Wildman–Crippen MR) is 60.4 cm³/mol. The first kappa shape index (κ1) is 11.3. The Labute approximate surface area is 95.4 Å². The molecule has 1 aromatic rings. The van der Waals surface area contributed by atoms with Gasteiger partial charge in [-0.15, -0.1) is 0 Å². The standard InChI is InChI=1S/C11H17N3O2/c1-15-9-10-3-4-12-11(13-10)14-5-2-7-16-8-6-14/h3-4H,2,5-9H2,1H3. The first-order chi connectivity index (χ1) is 7.90. The van der Waals surface area contributed by atoms with Crippen molar-refractivity contribution in [3.63, 3.8) is 0 Å². The first-order valence-corrected chi connectivity index (χ1v) is 5.53. The highest BCUT2D eigenvalue weighted by atomic mass is 16.5. The molecule has 0 N–H and O–H groups in total. The van der Waals surface area contributed by atoms with Crippen LogP contribution in [0, 0.1) is 0 Å². The van der Waals surface area contributed by atoms with Crippen molar-refractivity contribution < 1.29 is 9.47 Å². The van der Waals surface area contributed by atoms with Gasteiger partial charge in [0.1, 0.15) is 0 Å². The third-order valence-corrected chi connectivity index (χ3v) is 2.50. The van der Waals surface area contributed by atoms with Crippen LogP contribution in [0.5, 0.6) is 0 Å². The molecule has 0 unspecified atom stereocenters. The highest BCUT2D eigenvalue weighted by Gasteiger charge is 2.12. The van der Waals surface area contributed by atoms with Crippen LogP contribution in [0.1, 0.15) is 12.1 Å². The Balaban J connectivity index is 2.08. The summed E-state index contributed by atoms with van der Waals surface area (Å²) in [4.78, 5) is 10.9.